The molecular weight excluding hydrogens is 316 g/mol. The number of morpholine rings is 1. The highest BCUT2D eigenvalue weighted by Gasteiger charge is 2.19. The van der Waals surface area contributed by atoms with E-state index in [1.807, 2.05) is 0 Å². The Morgan fingerprint density at radius 2 is 2.25 bits per heavy atom. The Labute approximate surface area is 130 Å². The molecule has 0 aliphatic carbocycles. The molecule has 1 saturated heterocycles. The summed E-state index contributed by atoms with van der Waals surface area (Å²) in [5, 5.41) is 3.49. The number of rotatable bonds is 5. The van der Waals surface area contributed by atoms with Gasteiger partial charge < -0.3 is 15.0 Å². The maximum absolute atomic E-state index is 5.50. The molecule has 1 heterocycles. The minimum Gasteiger partial charge on any atom is -0.377 e. The molecule has 2 rings (SSSR count). The van der Waals surface area contributed by atoms with E-state index in [4.69, 9.17) is 4.74 Å². The molecule has 20 heavy (non-hydrogen) atoms. The van der Waals surface area contributed by atoms with Gasteiger partial charge in [0.05, 0.1) is 13.2 Å². The summed E-state index contributed by atoms with van der Waals surface area (Å²) in [7, 11) is 0. The van der Waals surface area contributed by atoms with Gasteiger partial charge in [-0.05, 0) is 37.1 Å². The predicted octanol–water partition coefficient (Wildman–Crippen LogP) is 3.42. The normalized spacial score (nSPS) is 19.6. The summed E-state index contributed by atoms with van der Waals surface area (Å²) in [5.41, 5.74) is 2.59. The number of benzene rings is 1. The molecule has 1 aliphatic heterocycles. The zero-order valence-corrected chi connectivity index (χ0v) is 14.2. The second kappa shape index (κ2) is 7.43. The number of halogens is 1. The first-order valence-corrected chi connectivity index (χ1v) is 8.20. The lowest BCUT2D eigenvalue weighted by Gasteiger charge is -2.35. The van der Waals surface area contributed by atoms with Gasteiger partial charge in [0.1, 0.15) is 0 Å². The Bertz CT molecular complexity index is 436. The van der Waals surface area contributed by atoms with Crippen LogP contribution in [0, 0.1) is 5.92 Å². The molecule has 1 N–H and O–H groups in total. The van der Waals surface area contributed by atoms with Crippen LogP contribution in [-0.2, 0) is 11.3 Å². The number of nitrogens with zero attached hydrogens (tertiary/aromatic N) is 1. The van der Waals surface area contributed by atoms with E-state index in [1.165, 1.54) is 15.7 Å². The smallest absolute Gasteiger partial charge is 0.0668 e. The van der Waals surface area contributed by atoms with E-state index in [2.05, 4.69) is 65.1 Å². The molecule has 112 valence electrons. The van der Waals surface area contributed by atoms with Crippen molar-refractivity contribution in [3.05, 3.63) is 28.2 Å². The van der Waals surface area contributed by atoms with Crippen LogP contribution in [0.5, 0.6) is 0 Å². The topological polar surface area (TPSA) is 24.5 Å². The largest absolute Gasteiger partial charge is 0.377 e. The van der Waals surface area contributed by atoms with E-state index in [-0.39, 0.29) is 0 Å². The van der Waals surface area contributed by atoms with Crippen LogP contribution in [0.15, 0.2) is 22.7 Å². The van der Waals surface area contributed by atoms with E-state index in [0.29, 0.717) is 12.0 Å². The third-order valence-electron chi connectivity index (χ3n) is 3.60. The van der Waals surface area contributed by atoms with Crippen molar-refractivity contribution in [2.24, 2.45) is 5.92 Å². The predicted molar refractivity (Wildman–Crippen MR) is 88.3 cm³/mol. The average Bonchev–Trinajstić information content (AvgIpc) is 2.41. The van der Waals surface area contributed by atoms with Gasteiger partial charge in [-0.3, -0.25) is 0 Å². The summed E-state index contributed by atoms with van der Waals surface area (Å²) in [4.78, 5) is 2.42. The van der Waals surface area contributed by atoms with Crippen molar-refractivity contribution in [3.63, 3.8) is 0 Å². The second-order valence-electron chi connectivity index (χ2n) is 5.92. The molecule has 1 unspecified atom stereocenters. The quantitative estimate of drug-likeness (QED) is 0.888. The summed E-state index contributed by atoms with van der Waals surface area (Å²) in [5.74, 6) is 0.683. The van der Waals surface area contributed by atoms with Crippen molar-refractivity contribution in [2.75, 3.05) is 31.2 Å². The van der Waals surface area contributed by atoms with E-state index in [1.54, 1.807) is 0 Å². The van der Waals surface area contributed by atoms with E-state index >= 15 is 0 Å². The summed E-state index contributed by atoms with van der Waals surface area (Å²) >= 11 is 3.70. The van der Waals surface area contributed by atoms with E-state index < -0.39 is 0 Å². The molecule has 0 bridgehead atoms. The van der Waals surface area contributed by atoms with Gasteiger partial charge in [-0.25, -0.2) is 0 Å². The lowest BCUT2D eigenvalue weighted by atomic mass is 10.1. The third kappa shape index (κ3) is 4.21. The van der Waals surface area contributed by atoms with Crippen LogP contribution in [0.1, 0.15) is 26.3 Å². The van der Waals surface area contributed by atoms with Crippen molar-refractivity contribution >= 4 is 21.6 Å². The van der Waals surface area contributed by atoms with Gasteiger partial charge in [0.15, 0.2) is 0 Å². The van der Waals surface area contributed by atoms with Crippen molar-refractivity contribution in [2.45, 2.75) is 33.4 Å². The Hall–Kier alpha value is -0.580. The zero-order valence-electron chi connectivity index (χ0n) is 12.7. The SMILES string of the molecule is CC(C)CNCc1ccc(N2CCOCC2C)cc1Br. The Balaban J connectivity index is 2.01. The molecule has 3 nitrogen and oxygen atoms in total. The average molecular weight is 341 g/mol. The highest BCUT2D eigenvalue weighted by Crippen LogP contribution is 2.26. The minimum absolute atomic E-state index is 0.445. The van der Waals surface area contributed by atoms with Crippen molar-refractivity contribution in [3.8, 4) is 0 Å². The monoisotopic (exact) mass is 340 g/mol. The third-order valence-corrected chi connectivity index (χ3v) is 4.34. The molecule has 1 aliphatic rings. The molecule has 1 fully saturated rings. The molecule has 1 aromatic rings. The lowest BCUT2D eigenvalue weighted by molar-refractivity contribution is 0.0989. The molecule has 0 amide bonds. The maximum Gasteiger partial charge on any atom is 0.0668 e. The molecule has 0 spiro atoms. The fourth-order valence-electron chi connectivity index (χ4n) is 2.46. The molecule has 0 radical (unpaired) electrons. The van der Waals surface area contributed by atoms with Crippen LogP contribution < -0.4 is 10.2 Å². The number of anilines is 1. The van der Waals surface area contributed by atoms with Crippen LogP contribution >= 0.6 is 15.9 Å². The van der Waals surface area contributed by atoms with Crippen LogP contribution in [0.25, 0.3) is 0 Å². The number of hydrogen-bond donors (Lipinski definition) is 1. The minimum atomic E-state index is 0.445. The summed E-state index contributed by atoms with van der Waals surface area (Å²) in [6.07, 6.45) is 0. The fraction of sp³-hybridized carbons (Fsp3) is 0.625. The highest BCUT2D eigenvalue weighted by molar-refractivity contribution is 9.10. The van der Waals surface area contributed by atoms with Gasteiger partial charge in [-0.1, -0.05) is 35.8 Å². The lowest BCUT2D eigenvalue weighted by Crippen LogP contribution is -2.43. The number of nitrogens with one attached hydrogen (secondary N) is 1. The van der Waals surface area contributed by atoms with E-state index in [0.717, 1.165) is 32.8 Å². The Kier molecular flexibility index (Phi) is 5.87. The van der Waals surface area contributed by atoms with E-state index in [9.17, 15) is 0 Å². The van der Waals surface area contributed by atoms with Gasteiger partial charge in [0, 0.05) is 29.3 Å². The Morgan fingerprint density at radius 3 is 2.90 bits per heavy atom. The molecule has 1 aromatic carbocycles. The van der Waals surface area contributed by atoms with Crippen LogP contribution in [0.3, 0.4) is 0 Å². The molecular formula is C16H25BrN2O. The molecule has 0 saturated carbocycles. The highest BCUT2D eigenvalue weighted by atomic mass is 79.9. The molecule has 0 aromatic heterocycles. The van der Waals surface area contributed by atoms with Gasteiger partial charge in [-0.15, -0.1) is 0 Å². The summed E-state index contributed by atoms with van der Waals surface area (Å²) in [6.45, 7) is 11.2. The maximum atomic E-state index is 5.50. The first-order valence-electron chi connectivity index (χ1n) is 7.41. The molecule has 1 atom stereocenters. The van der Waals surface area contributed by atoms with Crippen LogP contribution in [-0.4, -0.2) is 32.3 Å². The van der Waals surface area contributed by atoms with Gasteiger partial charge >= 0.3 is 0 Å². The van der Waals surface area contributed by atoms with Gasteiger partial charge in [0.2, 0.25) is 0 Å². The van der Waals surface area contributed by atoms with Crippen LogP contribution in [0.2, 0.25) is 0 Å². The first kappa shape index (κ1) is 15.8. The van der Waals surface area contributed by atoms with Crippen molar-refractivity contribution in [1.29, 1.82) is 0 Å². The zero-order chi connectivity index (χ0) is 14.5. The second-order valence-corrected chi connectivity index (χ2v) is 6.77. The first-order chi connectivity index (χ1) is 9.58. The standard InChI is InChI=1S/C16H25BrN2O/c1-12(2)9-18-10-14-4-5-15(8-16(14)17)19-6-7-20-11-13(19)3/h4-5,8,12-13,18H,6-7,9-11H2,1-3H3. The summed E-state index contributed by atoms with van der Waals surface area (Å²) < 4.78 is 6.68. The molecule has 4 heteroatoms. The van der Waals surface area contributed by atoms with Gasteiger partial charge in [0.25, 0.3) is 0 Å². The van der Waals surface area contributed by atoms with Crippen molar-refractivity contribution in [1.82, 2.24) is 5.32 Å². The number of hydrogen-bond acceptors (Lipinski definition) is 3. The number of ether oxygens (including phenoxy) is 1. The van der Waals surface area contributed by atoms with Crippen LogP contribution in [0.4, 0.5) is 5.69 Å². The van der Waals surface area contributed by atoms with Crippen molar-refractivity contribution < 1.29 is 4.74 Å². The van der Waals surface area contributed by atoms with Gasteiger partial charge in [-0.2, -0.15) is 0 Å². The summed E-state index contributed by atoms with van der Waals surface area (Å²) in [6, 6.07) is 7.11. The Morgan fingerprint density at radius 1 is 1.45 bits per heavy atom. The fourth-order valence-corrected chi connectivity index (χ4v) is 2.97.